The molecule has 0 heterocycles. The summed E-state index contributed by atoms with van der Waals surface area (Å²) in [6.07, 6.45) is 0.853. The molecule has 1 aromatic carbocycles. The van der Waals surface area contributed by atoms with Crippen molar-refractivity contribution in [1.29, 1.82) is 0 Å². The summed E-state index contributed by atoms with van der Waals surface area (Å²) in [6.45, 7) is 0. The van der Waals surface area contributed by atoms with E-state index < -0.39 is 11.7 Å². The van der Waals surface area contributed by atoms with Crippen molar-refractivity contribution in [2.24, 2.45) is 0 Å². The van der Waals surface area contributed by atoms with Crippen molar-refractivity contribution in [3.63, 3.8) is 0 Å². The van der Waals surface area contributed by atoms with Crippen molar-refractivity contribution in [2.75, 3.05) is 7.05 Å². The van der Waals surface area contributed by atoms with Gasteiger partial charge in [-0.2, -0.15) is 13.2 Å². The molecule has 0 spiro atoms. The number of halogens is 3. The van der Waals surface area contributed by atoms with Gasteiger partial charge >= 0.3 is 6.18 Å². The fourth-order valence-corrected chi connectivity index (χ4v) is 2.83. The Morgan fingerprint density at radius 3 is 2.33 bits per heavy atom. The molecule has 0 radical (unpaired) electrons. The number of alkyl halides is 3. The molecule has 1 aromatic rings. The van der Waals surface area contributed by atoms with Crippen LogP contribution in [0.5, 0.6) is 0 Å². The minimum absolute atomic E-state index is 0.278. The maximum Gasteiger partial charge on any atom is 0.416 e. The maximum absolute atomic E-state index is 12.7. The summed E-state index contributed by atoms with van der Waals surface area (Å²) in [7, 11) is 1.84. The van der Waals surface area contributed by atoms with E-state index in [1.54, 1.807) is 6.07 Å². The summed E-state index contributed by atoms with van der Waals surface area (Å²) in [4.78, 5) is 0. The highest BCUT2D eigenvalue weighted by Gasteiger charge is 2.35. The Kier molecular flexibility index (Phi) is 3.66. The van der Waals surface area contributed by atoms with Gasteiger partial charge in [-0.3, -0.25) is 0 Å². The number of rotatable bonds is 2. The third-order valence-corrected chi connectivity index (χ3v) is 3.93. The lowest BCUT2D eigenvalue weighted by molar-refractivity contribution is -0.137. The molecule has 18 heavy (non-hydrogen) atoms. The molecular weight excluding hydrogens is 239 g/mol. The zero-order valence-corrected chi connectivity index (χ0v) is 10.5. The molecule has 0 saturated heterocycles. The molecule has 1 nitrogen and oxygen atoms in total. The molecular formula is C14H18F3N. The van der Waals surface area contributed by atoms with Crippen LogP contribution in [0.3, 0.4) is 0 Å². The molecule has 0 aromatic heterocycles. The Morgan fingerprint density at radius 2 is 1.78 bits per heavy atom. The van der Waals surface area contributed by atoms with E-state index in [4.69, 9.17) is 0 Å². The van der Waals surface area contributed by atoms with Crippen LogP contribution in [-0.2, 0) is 11.7 Å². The van der Waals surface area contributed by atoms with Crippen molar-refractivity contribution >= 4 is 0 Å². The van der Waals surface area contributed by atoms with Gasteiger partial charge in [0.1, 0.15) is 0 Å². The van der Waals surface area contributed by atoms with E-state index in [0.717, 1.165) is 37.3 Å². The molecule has 0 atom stereocenters. The molecule has 100 valence electrons. The lowest BCUT2D eigenvalue weighted by Gasteiger charge is -2.38. The second kappa shape index (κ2) is 4.92. The third kappa shape index (κ3) is 2.53. The predicted octanol–water partition coefficient (Wildman–Crippen LogP) is 4.08. The Hall–Kier alpha value is -1.03. The summed E-state index contributed by atoms with van der Waals surface area (Å²) in [5, 5.41) is 3.25. The van der Waals surface area contributed by atoms with Crippen LogP contribution in [0.2, 0.25) is 0 Å². The van der Waals surface area contributed by atoms with Crippen LogP contribution >= 0.6 is 0 Å². The van der Waals surface area contributed by atoms with Gasteiger partial charge < -0.3 is 5.32 Å². The van der Waals surface area contributed by atoms with E-state index in [9.17, 15) is 13.2 Å². The first-order valence-corrected chi connectivity index (χ1v) is 6.35. The predicted molar refractivity (Wildman–Crippen MR) is 65.3 cm³/mol. The smallest absolute Gasteiger partial charge is 0.310 e. The molecule has 1 fully saturated rings. The van der Waals surface area contributed by atoms with Crippen LogP contribution in [0.15, 0.2) is 24.3 Å². The topological polar surface area (TPSA) is 12.0 Å². The van der Waals surface area contributed by atoms with E-state index in [0.29, 0.717) is 0 Å². The minimum atomic E-state index is -4.26. The minimum Gasteiger partial charge on any atom is -0.310 e. The Labute approximate surface area is 105 Å². The molecule has 1 saturated carbocycles. The molecule has 1 N–H and O–H groups in total. The van der Waals surface area contributed by atoms with Crippen LogP contribution in [0.25, 0.3) is 0 Å². The summed E-state index contributed by atoms with van der Waals surface area (Å²) >= 11 is 0. The van der Waals surface area contributed by atoms with E-state index >= 15 is 0 Å². The van der Waals surface area contributed by atoms with Crippen molar-refractivity contribution in [1.82, 2.24) is 5.32 Å². The summed E-state index contributed by atoms with van der Waals surface area (Å²) in [5.41, 5.74) is -0.0702. The number of hydrogen-bond acceptors (Lipinski definition) is 1. The zero-order valence-electron chi connectivity index (χ0n) is 10.5. The molecule has 0 amide bonds. The fourth-order valence-electron chi connectivity index (χ4n) is 2.83. The van der Waals surface area contributed by atoms with Crippen molar-refractivity contribution < 1.29 is 13.2 Å². The highest BCUT2D eigenvalue weighted by Crippen LogP contribution is 2.39. The van der Waals surface area contributed by atoms with Gasteiger partial charge in [-0.05, 0) is 37.6 Å². The molecule has 0 bridgehead atoms. The Morgan fingerprint density at radius 1 is 1.11 bits per heavy atom. The number of nitrogens with one attached hydrogen (secondary N) is 1. The van der Waals surface area contributed by atoms with Crippen molar-refractivity contribution in [3.8, 4) is 0 Å². The second-order valence-electron chi connectivity index (χ2n) is 4.97. The maximum atomic E-state index is 12.7. The first kappa shape index (κ1) is 13.4. The largest absolute Gasteiger partial charge is 0.416 e. The molecule has 0 aliphatic heterocycles. The molecule has 1 aliphatic rings. The monoisotopic (exact) mass is 257 g/mol. The number of benzene rings is 1. The quantitative estimate of drug-likeness (QED) is 0.841. The van der Waals surface area contributed by atoms with Gasteiger partial charge in [-0.25, -0.2) is 0 Å². The summed E-state index contributed by atoms with van der Waals surface area (Å²) < 4.78 is 38.2. The average Bonchev–Trinajstić information content (AvgIpc) is 2.39. The summed E-state index contributed by atoms with van der Waals surface area (Å²) in [6, 6.07) is 5.74. The summed E-state index contributed by atoms with van der Waals surface area (Å²) in [5.74, 6) is 0. The SMILES string of the molecule is CNC1(c2cccc(C(F)(F)F)c2)CCCCC1. The van der Waals surface area contributed by atoms with Gasteiger partial charge in [0.2, 0.25) is 0 Å². The molecule has 0 unspecified atom stereocenters. The van der Waals surface area contributed by atoms with Crippen molar-refractivity contribution in [3.05, 3.63) is 35.4 Å². The van der Waals surface area contributed by atoms with Crippen LogP contribution in [0.1, 0.15) is 43.2 Å². The lowest BCUT2D eigenvalue weighted by atomic mass is 9.76. The highest BCUT2D eigenvalue weighted by atomic mass is 19.4. The second-order valence-corrected chi connectivity index (χ2v) is 4.97. The molecule has 4 heteroatoms. The van der Waals surface area contributed by atoms with Gasteiger partial charge in [0.25, 0.3) is 0 Å². The van der Waals surface area contributed by atoms with Crippen LogP contribution in [0, 0.1) is 0 Å². The van der Waals surface area contributed by atoms with Crippen LogP contribution in [0.4, 0.5) is 13.2 Å². The molecule has 2 rings (SSSR count). The molecule has 1 aliphatic carbocycles. The Bertz CT molecular complexity index is 406. The van der Waals surface area contributed by atoms with Crippen LogP contribution < -0.4 is 5.32 Å². The van der Waals surface area contributed by atoms with Gasteiger partial charge in [0.15, 0.2) is 0 Å². The Balaban J connectivity index is 2.37. The average molecular weight is 257 g/mol. The van der Waals surface area contributed by atoms with Crippen LogP contribution in [-0.4, -0.2) is 7.05 Å². The van der Waals surface area contributed by atoms with Crippen molar-refractivity contribution in [2.45, 2.75) is 43.8 Å². The van der Waals surface area contributed by atoms with E-state index in [1.807, 2.05) is 7.05 Å². The lowest BCUT2D eigenvalue weighted by Crippen LogP contribution is -2.41. The standard InChI is InChI=1S/C14H18F3N/c1-18-13(8-3-2-4-9-13)11-6-5-7-12(10-11)14(15,16)17/h5-7,10,18H,2-4,8-9H2,1H3. The van der Waals surface area contributed by atoms with E-state index in [2.05, 4.69) is 5.32 Å². The number of hydrogen-bond donors (Lipinski definition) is 1. The normalized spacial score (nSPS) is 19.8. The highest BCUT2D eigenvalue weighted by molar-refractivity contribution is 5.31. The zero-order chi connectivity index (χ0) is 13.2. The van der Waals surface area contributed by atoms with Gasteiger partial charge in [-0.15, -0.1) is 0 Å². The van der Waals surface area contributed by atoms with Gasteiger partial charge in [0.05, 0.1) is 5.56 Å². The van der Waals surface area contributed by atoms with E-state index in [-0.39, 0.29) is 5.54 Å². The van der Waals surface area contributed by atoms with Gasteiger partial charge in [0, 0.05) is 5.54 Å². The third-order valence-electron chi connectivity index (χ3n) is 3.93. The first-order valence-electron chi connectivity index (χ1n) is 6.35. The fraction of sp³-hybridized carbons (Fsp3) is 0.571. The van der Waals surface area contributed by atoms with E-state index in [1.165, 1.54) is 18.6 Å². The van der Waals surface area contributed by atoms with Gasteiger partial charge in [-0.1, -0.05) is 31.4 Å². The first-order chi connectivity index (χ1) is 8.48.